The predicted octanol–water partition coefficient (Wildman–Crippen LogP) is 2.95. The first kappa shape index (κ1) is 12.2. The predicted molar refractivity (Wildman–Crippen MR) is 54.6 cm³/mol. The molecule has 0 radical (unpaired) electrons. The molecule has 0 heterocycles. The molecule has 2 unspecified atom stereocenters. The molecule has 0 rings (SSSR count). The zero-order valence-corrected chi connectivity index (χ0v) is 9.00. The molecule has 0 aliphatic carbocycles. The molecule has 0 aromatic heterocycles. The third-order valence-corrected chi connectivity index (χ3v) is 2.82. The molecule has 2 atom stereocenters. The van der Waals surface area contributed by atoms with Crippen molar-refractivity contribution >= 4 is 5.97 Å². The SMILES string of the molecule is C=C(CC(C)C(C)C(C)C)C(=O)O. The number of aliphatic carboxylic acids is 1. The van der Waals surface area contributed by atoms with Crippen molar-refractivity contribution in [2.75, 3.05) is 0 Å². The summed E-state index contributed by atoms with van der Waals surface area (Å²) in [6.45, 7) is 12.1. The van der Waals surface area contributed by atoms with Crippen molar-refractivity contribution < 1.29 is 9.90 Å². The van der Waals surface area contributed by atoms with Crippen molar-refractivity contribution in [1.82, 2.24) is 0 Å². The van der Waals surface area contributed by atoms with Gasteiger partial charge < -0.3 is 5.11 Å². The molecule has 0 bridgehead atoms. The Labute approximate surface area is 80.7 Å². The molecule has 0 spiro atoms. The van der Waals surface area contributed by atoms with Crippen molar-refractivity contribution in [2.24, 2.45) is 17.8 Å². The minimum Gasteiger partial charge on any atom is -0.478 e. The van der Waals surface area contributed by atoms with Crippen LogP contribution in [0.1, 0.15) is 34.1 Å². The van der Waals surface area contributed by atoms with E-state index in [0.717, 1.165) is 0 Å². The van der Waals surface area contributed by atoms with E-state index in [1.165, 1.54) is 0 Å². The molecule has 0 saturated heterocycles. The fraction of sp³-hybridized carbons (Fsp3) is 0.727. The lowest BCUT2D eigenvalue weighted by atomic mass is 9.83. The normalized spacial score (nSPS) is 15.5. The molecule has 13 heavy (non-hydrogen) atoms. The van der Waals surface area contributed by atoms with Crippen molar-refractivity contribution in [1.29, 1.82) is 0 Å². The summed E-state index contributed by atoms with van der Waals surface area (Å²) in [5, 5.41) is 8.65. The summed E-state index contributed by atoms with van der Waals surface area (Å²) in [4.78, 5) is 10.5. The number of carbonyl (C=O) groups is 1. The van der Waals surface area contributed by atoms with Gasteiger partial charge in [0.2, 0.25) is 0 Å². The van der Waals surface area contributed by atoms with Crippen LogP contribution in [-0.2, 0) is 4.79 Å². The van der Waals surface area contributed by atoms with E-state index in [9.17, 15) is 4.79 Å². The van der Waals surface area contributed by atoms with E-state index in [4.69, 9.17) is 5.11 Å². The van der Waals surface area contributed by atoms with Crippen molar-refractivity contribution in [3.8, 4) is 0 Å². The summed E-state index contributed by atoms with van der Waals surface area (Å²) in [6.07, 6.45) is 0.592. The van der Waals surface area contributed by atoms with Gasteiger partial charge in [0.05, 0.1) is 0 Å². The number of rotatable bonds is 5. The van der Waals surface area contributed by atoms with Crippen molar-refractivity contribution in [2.45, 2.75) is 34.1 Å². The Bertz CT molecular complexity index is 194. The number of carboxylic acid groups (broad SMARTS) is 1. The lowest BCUT2D eigenvalue weighted by molar-refractivity contribution is -0.132. The fourth-order valence-electron chi connectivity index (χ4n) is 1.32. The van der Waals surface area contributed by atoms with Gasteiger partial charge in [-0.3, -0.25) is 0 Å². The zero-order chi connectivity index (χ0) is 10.6. The van der Waals surface area contributed by atoms with Crippen LogP contribution >= 0.6 is 0 Å². The van der Waals surface area contributed by atoms with Crippen molar-refractivity contribution in [3.63, 3.8) is 0 Å². The van der Waals surface area contributed by atoms with Crippen molar-refractivity contribution in [3.05, 3.63) is 12.2 Å². The van der Waals surface area contributed by atoms with Gasteiger partial charge in [-0.25, -0.2) is 4.79 Å². The van der Waals surface area contributed by atoms with E-state index in [1.54, 1.807) is 0 Å². The Balaban J connectivity index is 4.07. The average Bonchev–Trinajstić information content (AvgIpc) is 2.02. The Kier molecular flexibility index (Phi) is 4.74. The molecule has 0 fully saturated rings. The van der Waals surface area contributed by atoms with Crippen LogP contribution in [0.15, 0.2) is 12.2 Å². The molecule has 0 aromatic rings. The first-order valence-corrected chi connectivity index (χ1v) is 4.77. The largest absolute Gasteiger partial charge is 0.478 e. The van der Waals surface area contributed by atoms with Gasteiger partial charge in [0.25, 0.3) is 0 Å². The van der Waals surface area contributed by atoms with Gasteiger partial charge >= 0.3 is 5.97 Å². The third kappa shape index (κ3) is 4.11. The molecule has 0 aromatic carbocycles. The molecule has 0 amide bonds. The summed E-state index contributed by atoms with van der Waals surface area (Å²) < 4.78 is 0. The van der Waals surface area contributed by atoms with E-state index < -0.39 is 5.97 Å². The molecule has 76 valence electrons. The number of hydrogen-bond acceptors (Lipinski definition) is 1. The Morgan fingerprint density at radius 3 is 2.08 bits per heavy atom. The van der Waals surface area contributed by atoms with Crippen LogP contribution in [0.3, 0.4) is 0 Å². The summed E-state index contributed by atoms with van der Waals surface area (Å²) in [5.41, 5.74) is 0.319. The maximum Gasteiger partial charge on any atom is 0.330 e. The molecular weight excluding hydrogens is 164 g/mol. The smallest absolute Gasteiger partial charge is 0.330 e. The second-order valence-electron chi connectivity index (χ2n) is 4.19. The summed E-state index contributed by atoms with van der Waals surface area (Å²) >= 11 is 0. The van der Waals surface area contributed by atoms with Gasteiger partial charge in [-0.15, -0.1) is 0 Å². The van der Waals surface area contributed by atoms with Gasteiger partial charge in [0, 0.05) is 5.57 Å². The maximum absolute atomic E-state index is 10.5. The molecule has 2 nitrogen and oxygen atoms in total. The molecule has 1 N–H and O–H groups in total. The van der Waals surface area contributed by atoms with Gasteiger partial charge in [-0.2, -0.15) is 0 Å². The monoisotopic (exact) mass is 184 g/mol. The van der Waals surface area contributed by atoms with Crippen LogP contribution in [-0.4, -0.2) is 11.1 Å². The summed E-state index contributed by atoms with van der Waals surface area (Å²) in [5.74, 6) is 0.652. The van der Waals surface area contributed by atoms with E-state index in [2.05, 4.69) is 34.3 Å². The van der Waals surface area contributed by atoms with Crippen LogP contribution in [0.25, 0.3) is 0 Å². The molecular formula is C11H20O2. The minimum absolute atomic E-state index is 0.319. The van der Waals surface area contributed by atoms with E-state index in [0.29, 0.717) is 29.7 Å². The first-order chi connectivity index (χ1) is 5.86. The topological polar surface area (TPSA) is 37.3 Å². The van der Waals surface area contributed by atoms with Crippen LogP contribution in [0.4, 0.5) is 0 Å². The van der Waals surface area contributed by atoms with Crippen LogP contribution in [0.5, 0.6) is 0 Å². The average molecular weight is 184 g/mol. The Hall–Kier alpha value is -0.790. The second-order valence-corrected chi connectivity index (χ2v) is 4.19. The highest BCUT2D eigenvalue weighted by Crippen LogP contribution is 2.25. The zero-order valence-electron chi connectivity index (χ0n) is 9.00. The Morgan fingerprint density at radius 2 is 1.77 bits per heavy atom. The molecule has 0 aliphatic rings. The van der Waals surface area contributed by atoms with Crippen LogP contribution in [0.2, 0.25) is 0 Å². The standard InChI is InChI=1S/C11H20O2/c1-7(2)10(5)8(3)6-9(4)11(12)13/h7-8,10H,4,6H2,1-3,5H3,(H,12,13). The third-order valence-electron chi connectivity index (χ3n) is 2.82. The fourth-order valence-corrected chi connectivity index (χ4v) is 1.32. The minimum atomic E-state index is -0.872. The lowest BCUT2D eigenvalue weighted by Gasteiger charge is -2.23. The highest BCUT2D eigenvalue weighted by molar-refractivity contribution is 5.85. The van der Waals surface area contributed by atoms with E-state index in [1.807, 2.05) is 0 Å². The quantitative estimate of drug-likeness (QED) is 0.667. The highest BCUT2D eigenvalue weighted by atomic mass is 16.4. The lowest BCUT2D eigenvalue weighted by Crippen LogP contribution is -2.16. The second kappa shape index (κ2) is 5.05. The van der Waals surface area contributed by atoms with E-state index in [-0.39, 0.29) is 0 Å². The number of carboxylic acids is 1. The molecule has 0 saturated carbocycles. The summed E-state index contributed by atoms with van der Waals surface area (Å²) in [6, 6.07) is 0. The van der Waals surface area contributed by atoms with Gasteiger partial charge in [0.1, 0.15) is 0 Å². The first-order valence-electron chi connectivity index (χ1n) is 4.77. The molecule has 0 aliphatic heterocycles. The highest BCUT2D eigenvalue weighted by Gasteiger charge is 2.18. The maximum atomic E-state index is 10.5. The van der Waals surface area contributed by atoms with Gasteiger partial charge in [-0.1, -0.05) is 34.3 Å². The van der Waals surface area contributed by atoms with Gasteiger partial charge in [-0.05, 0) is 24.2 Å². The molecule has 2 heteroatoms. The number of hydrogen-bond donors (Lipinski definition) is 1. The van der Waals surface area contributed by atoms with Gasteiger partial charge in [0.15, 0.2) is 0 Å². The van der Waals surface area contributed by atoms with Crippen LogP contribution < -0.4 is 0 Å². The Morgan fingerprint density at radius 1 is 1.31 bits per heavy atom. The van der Waals surface area contributed by atoms with E-state index >= 15 is 0 Å². The summed E-state index contributed by atoms with van der Waals surface area (Å²) in [7, 11) is 0. The van der Waals surface area contributed by atoms with Crippen LogP contribution in [0, 0.1) is 17.8 Å².